The molecular weight excluding hydrogens is 376 g/mol. The van der Waals surface area contributed by atoms with Gasteiger partial charge >= 0.3 is 0 Å². The van der Waals surface area contributed by atoms with Crippen LogP contribution in [0.1, 0.15) is 30.4 Å². The van der Waals surface area contributed by atoms with Crippen LogP contribution in [0.5, 0.6) is 0 Å². The van der Waals surface area contributed by atoms with Gasteiger partial charge in [0.2, 0.25) is 5.91 Å². The normalized spacial score (nSPS) is 34.4. The van der Waals surface area contributed by atoms with Crippen molar-refractivity contribution in [2.45, 2.75) is 24.7 Å². The third-order valence-electron chi connectivity index (χ3n) is 6.58. The fraction of sp³-hybridized carbons (Fsp3) is 0.333. The molecule has 0 spiro atoms. The molecule has 3 nitrogen and oxygen atoms in total. The smallest absolute Gasteiger partial charge is 0.247 e. The molecule has 2 atom stereocenters. The maximum Gasteiger partial charge on any atom is 0.247 e. The lowest BCUT2D eigenvalue weighted by Crippen LogP contribution is -2.31. The predicted molar refractivity (Wildman–Crippen MR) is 101 cm³/mol. The summed E-state index contributed by atoms with van der Waals surface area (Å²) in [5, 5.41) is 4.22. The molecule has 3 fully saturated rings. The Morgan fingerprint density at radius 1 is 1.08 bits per heavy atom. The first-order valence-electron chi connectivity index (χ1n) is 8.87. The molecule has 0 bridgehead atoms. The van der Waals surface area contributed by atoms with Crippen molar-refractivity contribution in [3.8, 4) is 0 Å². The second-order valence-electron chi connectivity index (χ2n) is 7.39. The monoisotopic (exact) mass is 394 g/mol. The number of carbonyl (C=O) groups is 1. The van der Waals surface area contributed by atoms with E-state index < -0.39 is 0 Å². The van der Waals surface area contributed by atoms with Crippen molar-refractivity contribution >= 4 is 28.1 Å². The van der Waals surface area contributed by atoms with E-state index in [1.807, 2.05) is 30.3 Å². The molecule has 126 valence electrons. The number of carbonyl (C=O) groups excluding carboxylic acids is 1. The average molecular weight is 395 g/mol. The quantitative estimate of drug-likeness (QED) is 0.610. The van der Waals surface area contributed by atoms with Crippen molar-refractivity contribution < 1.29 is 4.79 Å². The summed E-state index contributed by atoms with van der Waals surface area (Å²) in [6.45, 7) is 0. The van der Waals surface area contributed by atoms with Crippen LogP contribution in [0, 0.1) is 17.3 Å². The number of amides is 1. The van der Waals surface area contributed by atoms with Crippen LogP contribution >= 0.6 is 15.9 Å². The first-order chi connectivity index (χ1) is 12.2. The molecule has 0 saturated heterocycles. The summed E-state index contributed by atoms with van der Waals surface area (Å²) in [6.07, 6.45) is 5.29. The van der Waals surface area contributed by atoms with Crippen molar-refractivity contribution in [1.29, 1.82) is 0 Å². The minimum Gasteiger partial charge on any atom is -0.272 e. The molecule has 0 heterocycles. The lowest BCUT2D eigenvalue weighted by Gasteiger charge is -2.27. The van der Waals surface area contributed by atoms with Crippen LogP contribution in [0.2, 0.25) is 0 Å². The lowest BCUT2D eigenvalue weighted by molar-refractivity contribution is -0.126. The zero-order valence-electron chi connectivity index (χ0n) is 13.8. The van der Waals surface area contributed by atoms with Gasteiger partial charge in [-0.2, -0.15) is 5.10 Å². The van der Waals surface area contributed by atoms with Crippen molar-refractivity contribution in [1.82, 2.24) is 5.43 Å². The number of hydrogen-bond donors (Lipinski definition) is 1. The summed E-state index contributed by atoms with van der Waals surface area (Å²) in [7, 11) is 0. The number of halogens is 1. The number of nitrogens with zero attached hydrogens (tertiary/aromatic N) is 1. The molecular formula is C21H19BrN2O. The molecule has 4 heteroatoms. The van der Waals surface area contributed by atoms with Crippen LogP contribution in [0.4, 0.5) is 0 Å². The van der Waals surface area contributed by atoms with Gasteiger partial charge in [0.25, 0.3) is 0 Å². The Bertz CT molecular complexity index is 847. The molecule has 5 rings (SSSR count). The summed E-state index contributed by atoms with van der Waals surface area (Å²) in [6, 6.07) is 18.5. The molecule has 0 radical (unpaired) electrons. The first-order valence-corrected chi connectivity index (χ1v) is 9.66. The molecule has 25 heavy (non-hydrogen) atoms. The third-order valence-corrected chi connectivity index (χ3v) is 7.11. The van der Waals surface area contributed by atoms with Gasteiger partial charge in [-0.25, -0.2) is 5.43 Å². The first kappa shape index (κ1) is 15.3. The van der Waals surface area contributed by atoms with E-state index in [4.69, 9.17) is 0 Å². The summed E-state index contributed by atoms with van der Waals surface area (Å²) >= 11 is 3.42. The maximum absolute atomic E-state index is 13.0. The van der Waals surface area contributed by atoms with Crippen LogP contribution in [0.25, 0.3) is 0 Å². The molecule has 2 unspecified atom stereocenters. The van der Waals surface area contributed by atoms with Crippen LogP contribution in [0.3, 0.4) is 0 Å². The van der Waals surface area contributed by atoms with Crippen LogP contribution in [-0.2, 0) is 10.2 Å². The molecule has 0 aliphatic heterocycles. The second kappa shape index (κ2) is 5.28. The molecule has 1 N–H and O–H groups in total. The van der Waals surface area contributed by atoms with Gasteiger partial charge in [-0.15, -0.1) is 0 Å². The molecule has 2 aromatic rings. The third kappa shape index (κ3) is 1.86. The fourth-order valence-corrected chi connectivity index (χ4v) is 5.96. The fourth-order valence-electron chi connectivity index (χ4n) is 5.70. The van der Waals surface area contributed by atoms with Gasteiger partial charge in [-0.3, -0.25) is 4.79 Å². The van der Waals surface area contributed by atoms with Crippen LogP contribution in [0.15, 0.2) is 64.2 Å². The van der Waals surface area contributed by atoms with Gasteiger partial charge < -0.3 is 0 Å². The van der Waals surface area contributed by atoms with Crippen molar-refractivity contribution in [3.05, 3.63) is 70.2 Å². The van der Waals surface area contributed by atoms with E-state index in [2.05, 4.69) is 50.7 Å². The second-order valence-corrected chi connectivity index (χ2v) is 8.31. The molecule has 2 aromatic carbocycles. The van der Waals surface area contributed by atoms with Gasteiger partial charge in [-0.1, -0.05) is 64.8 Å². The highest BCUT2D eigenvalue weighted by molar-refractivity contribution is 9.10. The van der Waals surface area contributed by atoms with Gasteiger partial charge in [0.1, 0.15) is 0 Å². The highest BCUT2D eigenvalue weighted by Gasteiger charge is 3.01. The number of fused-ring (bicyclic) bond motifs is 2. The minimum atomic E-state index is -0.191. The van der Waals surface area contributed by atoms with Crippen LogP contribution < -0.4 is 5.43 Å². The Morgan fingerprint density at radius 3 is 2.44 bits per heavy atom. The predicted octanol–water partition coefficient (Wildman–Crippen LogP) is 4.27. The molecule has 1 amide bonds. The highest BCUT2D eigenvalue weighted by atomic mass is 79.9. The number of hydrogen-bond acceptors (Lipinski definition) is 2. The summed E-state index contributed by atoms with van der Waals surface area (Å²) < 4.78 is 1.03. The van der Waals surface area contributed by atoms with E-state index in [0.717, 1.165) is 22.9 Å². The molecule has 0 aromatic heterocycles. The largest absolute Gasteiger partial charge is 0.272 e. The minimum absolute atomic E-state index is 0.101. The number of rotatable bonds is 4. The summed E-state index contributed by atoms with van der Waals surface area (Å²) in [5.41, 5.74) is 5.06. The number of hydrazone groups is 1. The number of benzene rings is 2. The maximum atomic E-state index is 13.0. The lowest BCUT2D eigenvalue weighted by atomic mass is 9.77. The van der Waals surface area contributed by atoms with Gasteiger partial charge in [0, 0.05) is 9.89 Å². The van der Waals surface area contributed by atoms with E-state index in [-0.39, 0.29) is 16.7 Å². The van der Waals surface area contributed by atoms with Gasteiger partial charge in [0.15, 0.2) is 0 Å². The van der Waals surface area contributed by atoms with Crippen molar-refractivity contribution in [2.75, 3.05) is 0 Å². The van der Waals surface area contributed by atoms with Crippen LogP contribution in [-0.4, -0.2) is 12.1 Å². The summed E-state index contributed by atoms with van der Waals surface area (Å²) in [4.78, 5) is 13.0. The van der Waals surface area contributed by atoms with Gasteiger partial charge in [0.05, 0.1) is 11.6 Å². The molecule has 3 saturated carbocycles. The van der Waals surface area contributed by atoms with Gasteiger partial charge in [-0.05, 0) is 47.9 Å². The van der Waals surface area contributed by atoms with Crippen molar-refractivity contribution in [3.63, 3.8) is 0 Å². The Labute approximate surface area is 155 Å². The Balaban J connectivity index is 1.35. The SMILES string of the molecule is O=C(N/N=C/c1ccc(Br)cc1)C12C3CCCC1C32c1ccccc1. The topological polar surface area (TPSA) is 41.5 Å². The van der Waals surface area contributed by atoms with E-state index >= 15 is 0 Å². The average Bonchev–Trinajstić information content (AvgIpc) is 3.51. The zero-order valence-corrected chi connectivity index (χ0v) is 15.4. The number of nitrogens with one attached hydrogen (secondary N) is 1. The van der Waals surface area contributed by atoms with E-state index in [1.54, 1.807) is 6.21 Å². The Hall–Kier alpha value is -1.94. The summed E-state index contributed by atoms with van der Waals surface area (Å²) in [5.74, 6) is 1.12. The van der Waals surface area contributed by atoms with Crippen molar-refractivity contribution in [2.24, 2.45) is 22.4 Å². The van der Waals surface area contributed by atoms with E-state index in [0.29, 0.717) is 11.8 Å². The molecule has 3 aliphatic rings. The Kier molecular flexibility index (Phi) is 3.23. The Morgan fingerprint density at radius 2 is 1.76 bits per heavy atom. The van der Waals surface area contributed by atoms with E-state index in [1.165, 1.54) is 12.0 Å². The standard InChI is InChI=1S/C21H19BrN2O/c22-16-11-9-14(10-12-16)13-23-24-19(25)21-17-7-4-8-18(21)20(17,21)15-5-2-1-3-6-15/h1-3,5-6,9-13,17-18H,4,7-8H2,(H,24,25)/b23-13+. The molecule has 3 aliphatic carbocycles. The zero-order chi connectivity index (χ0) is 17.1. The highest BCUT2D eigenvalue weighted by Crippen LogP contribution is 2.97. The van der Waals surface area contributed by atoms with E-state index in [9.17, 15) is 4.79 Å².